The van der Waals surface area contributed by atoms with Crippen molar-refractivity contribution in [2.75, 3.05) is 13.2 Å². The Morgan fingerprint density at radius 1 is 1.10 bits per heavy atom. The number of nitrogens with zero attached hydrogens (tertiary/aromatic N) is 1. The molecule has 0 aliphatic carbocycles. The lowest BCUT2D eigenvalue weighted by atomic mass is 10.2. The number of aliphatic hydroxyl groups excluding tert-OH is 1. The van der Waals surface area contributed by atoms with Gasteiger partial charge in [0, 0.05) is 18.3 Å². The van der Waals surface area contributed by atoms with Gasteiger partial charge in [0.15, 0.2) is 0 Å². The average Bonchev–Trinajstić information content (AvgIpc) is 2.52. The largest absolute Gasteiger partial charge is 0.490 e. The summed E-state index contributed by atoms with van der Waals surface area (Å²) in [5, 5.41) is 9.92. The number of hydrogen-bond acceptors (Lipinski definition) is 5. The number of aromatic nitrogens is 1. The lowest BCUT2D eigenvalue weighted by Crippen LogP contribution is -2.25. The fourth-order valence-corrected chi connectivity index (χ4v) is 1.86. The summed E-state index contributed by atoms with van der Waals surface area (Å²) in [6.45, 7) is 2.56. The average molecular weight is 288 g/mol. The summed E-state index contributed by atoms with van der Waals surface area (Å²) in [5.41, 5.74) is 7.34. The maximum atomic E-state index is 9.92. The summed E-state index contributed by atoms with van der Waals surface area (Å²) < 4.78 is 11.1. The standard InChI is InChI=1S/C16H20N2O3/c1-12-15(7-4-8-18-12)20-10-14(19)11-21-16-6-3-2-5-13(16)9-17/h2-8,14,19H,9-11,17H2,1H3. The molecule has 0 spiro atoms. The first-order valence-corrected chi connectivity index (χ1v) is 6.84. The molecule has 0 fully saturated rings. The minimum absolute atomic E-state index is 0.149. The molecule has 0 saturated carbocycles. The van der Waals surface area contributed by atoms with Gasteiger partial charge in [0.05, 0.1) is 5.69 Å². The monoisotopic (exact) mass is 288 g/mol. The van der Waals surface area contributed by atoms with Crippen LogP contribution < -0.4 is 15.2 Å². The van der Waals surface area contributed by atoms with Crippen LogP contribution in [0.5, 0.6) is 11.5 Å². The second-order valence-electron chi connectivity index (χ2n) is 4.67. The van der Waals surface area contributed by atoms with Crippen molar-refractivity contribution < 1.29 is 14.6 Å². The molecule has 5 nitrogen and oxygen atoms in total. The van der Waals surface area contributed by atoms with Crippen molar-refractivity contribution in [1.29, 1.82) is 0 Å². The van der Waals surface area contributed by atoms with E-state index in [2.05, 4.69) is 4.98 Å². The second-order valence-corrected chi connectivity index (χ2v) is 4.67. The van der Waals surface area contributed by atoms with Crippen molar-refractivity contribution in [2.24, 2.45) is 5.73 Å². The van der Waals surface area contributed by atoms with Crippen LogP contribution in [0.15, 0.2) is 42.6 Å². The Hall–Kier alpha value is -2.11. The Bertz CT molecular complexity index is 575. The molecule has 1 aromatic carbocycles. The highest BCUT2D eigenvalue weighted by atomic mass is 16.5. The first-order chi connectivity index (χ1) is 10.2. The van der Waals surface area contributed by atoms with Gasteiger partial charge < -0.3 is 20.3 Å². The molecule has 1 aromatic heterocycles. The number of nitrogens with two attached hydrogens (primary N) is 1. The van der Waals surface area contributed by atoms with E-state index >= 15 is 0 Å². The fraction of sp³-hybridized carbons (Fsp3) is 0.312. The zero-order valence-corrected chi connectivity index (χ0v) is 12.0. The smallest absolute Gasteiger partial charge is 0.140 e. The van der Waals surface area contributed by atoms with Crippen LogP contribution in [0.1, 0.15) is 11.3 Å². The second kappa shape index (κ2) is 7.61. The van der Waals surface area contributed by atoms with Gasteiger partial charge in [-0.15, -0.1) is 0 Å². The fourth-order valence-electron chi connectivity index (χ4n) is 1.86. The van der Waals surface area contributed by atoms with E-state index in [0.717, 1.165) is 11.3 Å². The molecule has 0 saturated heterocycles. The van der Waals surface area contributed by atoms with Crippen LogP contribution >= 0.6 is 0 Å². The van der Waals surface area contributed by atoms with Gasteiger partial charge in [-0.2, -0.15) is 0 Å². The van der Waals surface area contributed by atoms with Crippen molar-refractivity contribution in [3.63, 3.8) is 0 Å². The summed E-state index contributed by atoms with van der Waals surface area (Å²) >= 11 is 0. The van der Waals surface area contributed by atoms with Crippen LogP contribution in [0.3, 0.4) is 0 Å². The summed E-state index contributed by atoms with van der Waals surface area (Å²) in [6.07, 6.45) is 0.973. The topological polar surface area (TPSA) is 77.6 Å². The first kappa shape index (κ1) is 15.3. The highest BCUT2D eigenvalue weighted by Crippen LogP contribution is 2.17. The van der Waals surface area contributed by atoms with Gasteiger partial charge in [-0.3, -0.25) is 4.98 Å². The Balaban J connectivity index is 1.82. The van der Waals surface area contributed by atoms with E-state index in [9.17, 15) is 5.11 Å². The van der Waals surface area contributed by atoms with Gasteiger partial charge in [0.1, 0.15) is 30.8 Å². The van der Waals surface area contributed by atoms with Crippen molar-refractivity contribution >= 4 is 0 Å². The minimum Gasteiger partial charge on any atom is -0.490 e. The van der Waals surface area contributed by atoms with Crippen molar-refractivity contribution in [3.8, 4) is 11.5 Å². The summed E-state index contributed by atoms with van der Waals surface area (Å²) in [6, 6.07) is 11.1. The Morgan fingerprint density at radius 3 is 2.48 bits per heavy atom. The molecule has 1 heterocycles. The van der Waals surface area contributed by atoms with Crippen molar-refractivity contribution in [3.05, 3.63) is 53.9 Å². The molecular formula is C16H20N2O3. The Labute approximate surface area is 124 Å². The molecule has 5 heteroatoms. The molecule has 3 N–H and O–H groups in total. The van der Waals surface area contributed by atoms with E-state index in [1.807, 2.05) is 37.3 Å². The molecule has 0 radical (unpaired) electrons. The predicted octanol–water partition coefficient (Wildman–Crippen LogP) is 1.67. The lowest BCUT2D eigenvalue weighted by molar-refractivity contribution is 0.0619. The molecule has 21 heavy (non-hydrogen) atoms. The zero-order valence-electron chi connectivity index (χ0n) is 12.0. The summed E-state index contributed by atoms with van der Waals surface area (Å²) in [7, 11) is 0. The number of ether oxygens (including phenoxy) is 2. The third-order valence-electron chi connectivity index (χ3n) is 3.01. The minimum atomic E-state index is -0.726. The first-order valence-electron chi connectivity index (χ1n) is 6.84. The quantitative estimate of drug-likeness (QED) is 0.810. The molecule has 2 rings (SSSR count). The molecule has 0 aliphatic rings. The van der Waals surface area contributed by atoms with Gasteiger partial charge in [-0.25, -0.2) is 0 Å². The van der Waals surface area contributed by atoms with E-state index in [1.165, 1.54) is 0 Å². The van der Waals surface area contributed by atoms with E-state index in [-0.39, 0.29) is 13.2 Å². The van der Waals surface area contributed by atoms with Gasteiger partial charge in [-0.1, -0.05) is 18.2 Å². The number of aryl methyl sites for hydroxylation is 1. The maximum absolute atomic E-state index is 9.92. The van der Waals surface area contributed by atoms with E-state index in [1.54, 1.807) is 12.3 Å². The normalized spacial score (nSPS) is 12.0. The number of para-hydroxylation sites is 1. The maximum Gasteiger partial charge on any atom is 0.140 e. The SMILES string of the molecule is Cc1ncccc1OCC(O)COc1ccccc1CN. The molecule has 1 unspecified atom stereocenters. The van der Waals surface area contributed by atoms with Crippen LogP contribution in [0.25, 0.3) is 0 Å². The molecule has 0 amide bonds. The van der Waals surface area contributed by atoms with Crippen LogP contribution in [0, 0.1) is 6.92 Å². The Morgan fingerprint density at radius 2 is 1.76 bits per heavy atom. The lowest BCUT2D eigenvalue weighted by Gasteiger charge is -2.15. The Kier molecular flexibility index (Phi) is 5.54. The third-order valence-corrected chi connectivity index (χ3v) is 3.01. The van der Waals surface area contributed by atoms with Crippen molar-refractivity contribution in [1.82, 2.24) is 4.98 Å². The molecule has 2 aromatic rings. The van der Waals surface area contributed by atoms with Crippen LogP contribution in [-0.2, 0) is 6.54 Å². The predicted molar refractivity (Wildman–Crippen MR) is 80.3 cm³/mol. The molecule has 0 aliphatic heterocycles. The van der Waals surface area contributed by atoms with Crippen LogP contribution in [-0.4, -0.2) is 29.4 Å². The molecular weight excluding hydrogens is 268 g/mol. The van der Waals surface area contributed by atoms with Gasteiger partial charge in [-0.05, 0) is 25.1 Å². The van der Waals surface area contributed by atoms with Crippen LogP contribution in [0.4, 0.5) is 0 Å². The van der Waals surface area contributed by atoms with E-state index in [4.69, 9.17) is 15.2 Å². The van der Waals surface area contributed by atoms with Gasteiger partial charge >= 0.3 is 0 Å². The highest BCUT2D eigenvalue weighted by Gasteiger charge is 2.09. The van der Waals surface area contributed by atoms with Crippen molar-refractivity contribution in [2.45, 2.75) is 19.6 Å². The summed E-state index contributed by atoms with van der Waals surface area (Å²) in [5.74, 6) is 1.36. The number of aliphatic hydroxyl groups is 1. The summed E-state index contributed by atoms with van der Waals surface area (Å²) in [4.78, 5) is 4.12. The highest BCUT2D eigenvalue weighted by molar-refractivity contribution is 5.33. The molecule has 1 atom stereocenters. The van der Waals surface area contributed by atoms with E-state index in [0.29, 0.717) is 18.0 Å². The number of rotatable bonds is 7. The van der Waals surface area contributed by atoms with E-state index < -0.39 is 6.10 Å². The number of benzene rings is 1. The zero-order chi connectivity index (χ0) is 15.1. The number of hydrogen-bond donors (Lipinski definition) is 2. The molecule has 112 valence electrons. The van der Waals surface area contributed by atoms with Crippen LogP contribution in [0.2, 0.25) is 0 Å². The molecule has 0 bridgehead atoms. The van der Waals surface area contributed by atoms with Gasteiger partial charge in [0.2, 0.25) is 0 Å². The van der Waals surface area contributed by atoms with Gasteiger partial charge in [0.25, 0.3) is 0 Å². The number of pyridine rings is 1. The third kappa shape index (κ3) is 4.44.